The van der Waals surface area contributed by atoms with Gasteiger partial charge in [-0.05, 0) is 48.7 Å². The Morgan fingerprint density at radius 2 is 1.88 bits per heavy atom. The molecule has 178 valence electrons. The summed E-state index contributed by atoms with van der Waals surface area (Å²) in [6, 6.07) is 10.3. The zero-order valence-electron chi connectivity index (χ0n) is 17.8. The number of alkyl halides is 3. The van der Waals surface area contributed by atoms with Crippen LogP contribution in [0.25, 0.3) is 10.2 Å². The number of rotatable bonds is 6. The van der Waals surface area contributed by atoms with Crippen LogP contribution in [0, 0.1) is 0 Å². The number of hydrogen-bond acceptors (Lipinski definition) is 6. The van der Waals surface area contributed by atoms with Crippen LogP contribution >= 0.6 is 35.5 Å². The number of thioether (sulfide) groups is 1. The Labute approximate surface area is 204 Å². The molecule has 0 atom stereocenters. The van der Waals surface area contributed by atoms with Crippen molar-refractivity contribution in [2.75, 3.05) is 50.5 Å². The molecule has 0 N–H and O–H groups in total. The van der Waals surface area contributed by atoms with Crippen LogP contribution in [0.5, 0.6) is 0 Å². The summed E-state index contributed by atoms with van der Waals surface area (Å²) in [5.41, 5.74) is 0.210. The van der Waals surface area contributed by atoms with Crippen molar-refractivity contribution >= 4 is 56.8 Å². The molecular formula is C22H23ClF3N3O2S2. The molecule has 1 aliphatic rings. The van der Waals surface area contributed by atoms with Crippen molar-refractivity contribution in [3.8, 4) is 0 Å². The minimum atomic E-state index is -4.44. The predicted molar refractivity (Wildman–Crippen MR) is 129 cm³/mol. The lowest BCUT2D eigenvalue weighted by Crippen LogP contribution is -2.43. The predicted octanol–water partition coefficient (Wildman–Crippen LogP) is 5.44. The Hall–Kier alpha value is -1.85. The van der Waals surface area contributed by atoms with E-state index in [1.54, 1.807) is 16.7 Å². The minimum Gasteiger partial charge on any atom is -0.379 e. The zero-order chi connectivity index (χ0) is 22.7. The number of anilines is 1. The van der Waals surface area contributed by atoms with Gasteiger partial charge in [-0.2, -0.15) is 13.2 Å². The lowest BCUT2D eigenvalue weighted by molar-refractivity contribution is -0.137. The Bertz CT molecular complexity index is 1090. The van der Waals surface area contributed by atoms with Crippen molar-refractivity contribution in [3.63, 3.8) is 0 Å². The van der Waals surface area contributed by atoms with Crippen LogP contribution < -0.4 is 4.90 Å². The monoisotopic (exact) mass is 517 g/mol. The Morgan fingerprint density at radius 1 is 1.18 bits per heavy atom. The van der Waals surface area contributed by atoms with E-state index in [1.165, 1.54) is 23.5 Å². The van der Waals surface area contributed by atoms with Gasteiger partial charge in [0, 0.05) is 36.6 Å². The number of hydrogen-bond donors (Lipinski definition) is 0. The number of amides is 1. The zero-order valence-corrected chi connectivity index (χ0v) is 20.3. The van der Waals surface area contributed by atoms with Gasteiger partial charge in [0.05, 0.1) is 29.0 Å². The van der Waals surface area contributed by atoms with Crippen molar-refractivity contribution < 1.29 is 22.7 Å². The second-order valence-corrected chi connectivity index (χ2v) is 9.20. The van der Waals surface area contributed by atoms with E-state index in [-0.39, 0.29) is 23.9 Å². The molecule has 4 rings (SSSR count). The summed E-state index contributed by atoms with van der Waals surface area (Å²) in [6.45, 7) is 3.85. The smallest absolute Gasteiger partial charge is 0.379 e. The number of aromatic nitrogens is 1. The van der Waals surface area contributed by atoms with Gasteiger partial charge in [0.2, 0.25) is 0 Å². The molecule has 0 spiro atoms. The van der Waals surface area contributed by atoms with Crippen molar-refractivity contribution in [1.29, 1.82) is 0 Å². The molecule has 1 aliphatic heterocycles. The Kier molecular flexibility index (Phi) is 8.63. The molecule has 11 heteroatoms. The van der Waals surface area contributed by atoms with Crippen molar-refractivity contribution in [1.82, 2.24) is 9.88 Å². The quantitative estimate of drug-likeness (QED) is 0.408. The highest BCUT2D eigenvalue weighted by molar-refractivity contribution is 7.98. The summed E-state index contributed by atoms with van der Waals surface area (Å²) in [7, 11) is 0. The van der Waals surface area contributed by atoms with E-state index in [2.05, 4.69) is 9.88 Å². The maximum absolute atomic E-state index is 13.3. The molecule has 1 amide bonds. The number of halogens is 4. The van der Waals surface area contributed by atoms with Gasteiger partial charge in [0.15, 0.2) is 5.13 Å². The van der Waals surface area contributed by atoms with E-state index in [4.69, 9.17) is 4.74 Å². The average Bonchev–Trinajstić information content (AvgIpc) is 3.22. The first-order valence-electron chi connectivity index (χ1n) is 10.1. The van der Waals surface area contributed by atoms with Gasteiger partial charge >= 0.3 is 6.18 Å². The first-order valence-corrected chi connectivity index (χ1v) is 12.1. The second kappa shape index (κ2) is 11.1. The van der Waals surface area contributed by atoms with Crippen molar-refractivity contribution in [2.24, 2.45) is 0 Å². The molecule has 0 bridgehead atoms. The molecular weight excluding hydrogens is 495 g/mol. The lowest BCUT2D eigenvalue weighted by atomic mass is 10.1. The van der Waals surface area contributed by atoms with Gasteiger partial charge in [0.25, 0.3) is 5.91 Å². The highest BCUT2D eigenvalue weighted by Gasteiger charge is 2.31. The van der Waals surface area contributed by atoms with Crippen molar-refractivity contribution in [2.45, 2.75) is 11.1 Å². The molecule has 33 heavy (non-hydrogen) atoms. The fourth-order valence-corrected chi connectivity index (χ4v) is 4.99. The summed E-state index contributed by atoms with van der Waals surface area (Å²) >= 11 is 3.03. The van der Waals surface area contributed by atoms with Crippen LogP contribution in [0.2, 0.25) is 0 Å². The molecule has 1 aromatic heterocycles. The number of ether oxygens (including phenoxy) is 1. The molecule has 2 heterocycles. The largest absolute Gasteiger partial charge is 0.416 e. The number of thiazole rings is 1. The van der Waals surface area contributed by atoms with E-state index in [0.717, 1.165) is 40.3 Å². The van der Waals surface area contributed by atoms with Crippen LogP contribution in [0.1, 0.15) is 15.9 Å². The maximum atomic E-state index is 13.3. The lowest BCUT2D eigenvalue weighted by Gasteiger charge is -2.29. The van der Waals surface area contributed by atoms with Gasteiger partial charge in [0.1, 0.15) is 0 Å². The first-order chi connectivity index (χ1) is 15.3. The highest BCUT2D eigenvalue weighted by Crippen LogP contribution is 2.33. The number of benzene rings is 2. The Morgan fingerprint density at radius 3 is 2.52 bits per heavy atom. The summed E-state index contributed by atoms with van der Waals surface area (Å²) in [6.07, 6.45) is -2.45. The van der Waals surface area contributed by atoms with E-state index >= 15 is 0 Å². The summed E-state index contributed by atoms with van der Waals surface area (Å²) < 4.78 is 45.1. The molecule has 2 aromatic carbocycles. The highest BCUT2D eigenvalue weighted by atomic mass is 35.5. The van der Waals surface area contributed by atoms with E-state index < -0.39 is 11.7 Å². The third kappa shape index (κ3) is 6.19. The molecule has 5 nitrogen and oxygen atoms in total. The van der Waals surface area contributed by atoms with Crippen LogP contribution in [0.3, 0.4) is 0 Å². The van der Waals surface area contributed by atoms with Crippen LogP contribution in [-0.4, -0.2) is 61.4 Å². The summed E-state index contributed by atoms with van der Waals surface area (Å²) in [5, 5.41) is 0.538. The van der Waals surface area contributed by atoms with Gasteiger partial charge in [-0.1, -0.05) is 11.3 Å². The van der Waals surface area contributed by atoms with Gasteiger partial charge in [-0.25, -0.2) is 4.98 Å². The molecule has 0 saturated carbocycles. The maximum Gasteiger partial charge on any atom is 0.416 e. The van der Waals surface area contributed by atoms with Crippen molar-refractivity contribution in [3.05, 3.63) is 53.6 Å². The van der Waals surface area contributed by atoms with E-state index in [0.29, 0.717) is 31.4 Å². The Balaban J connectivity index is 0.00000306. The normalized spacial score (nSPS) is 14.8. The second-order valence-electron chi connectivity index (χ2n) is 7.32. The van der Waals surface area contributed by atoms with Crippen LogP contribution in [0.4, 0.5) is 18.3 Å². The summed E-state index contributed by atoms with van der Waals surface area (Å²) in [4.78, 5) is 22.9. The SMILES string of the molecule is CSc1ccc2nc(N(CCN3CCOCC3)C(=O)c3ccc(C(F)(F)F)cc3)sc2c1.Cl. The average molecular weight is 518 g/mol. The third-order valence-electron chi connectivity index (χ3n) is 5.26. The summed E-state index contributed by atoms with van der Waals surface area (Å²) in [5.74, 6) is -0.365. The topological polar surface area (TPSA) is 45.7 Å². The van der Waals surface area contributed by atoms with E-state index in [1.807, 2.05) is 24.5 Å². The van der Waals surface area contributed by atoms with E-state index in [9.17, 15) is 18.0 Å². The van der Waals surface area contributed by atoms with Gasteiger partial charge < -0.3 is 4.74 Å². The minimum absolute atomic E-state index is 0. The van der Waals surface area contributed by atoms with Crippen LogP contribution in [0.15, 0.2) is 47.4 Å². The standard InChI is InChI=1S/C22H22F3N3O2S2.ClH/c1-31-17-6-7-18-19(14-17)32-21(26-18)28(9-8-27-10-12-30-13-11-27)20(29)15-2-4-16(5-3-15)22(23,24)25;/h2-7,14H,8-13H2,1H3;1H. The number of carbonyl (C=O) groups is 1. The van der Waals surface area contributed by atoms with Crippen LogP contribution in [-0.2, 0) is 10.9 Å². The molecule has 0 aliphatic carbocycles. The molecule has 1 saturated heterocycles. The molecule has 3 aromatic rings. The first kappa shape index (κ1) is 25.8. The number of fused-ring (bicyclic) bond motifs is 1. The third-order valence-corrected chi connectivity index (χ3v) is 7.03. The van der Waals surface area contributed by atoms with Gasteiger partial charge in [-0.15, -0.1) is 24.2 Å². The molecule has 0 unspecified atom stereocenters. The number of morpholine rings is 1. The number of carbonyl (C=O) groups excluding carboxylic acids is 1. The number of nitrogens with zero attached hydrogens (tertiary/aromatic N) is 3. The molecule has 0 radical (unpaired) electrons. The molecule has 1 fully saturated rings. The van der Waals surface area contributed by atoms with Gasteiger partial charge in [-0.3, -0.25) is 14.6 Å². The fraction of sp³-hybridized carbons (Fsp3) is 0.364. The fourth-order valence-electron chi connectivity index (χ4n) is 3.44.